The SMILES string of the molecule is Cc1ncc(CN2CC[C@]3(CCCN(C(=O)OCC(C)(C)C)C3)C2)[nH]1. The molecular weight excluding hydrogens is 316 g/mol. The fourth-order valence-corrected chi connectivity index (χ4v) is 4.02. The van der Waals surface area contributed by atoms with E-state index in [-0.39, 0.29) is 16.9 Å². The van der Waals surface area contributed by atoms with E-state index >= 15 is 0 Å². The minimum absolute atomic E-state index is 0.00942. The van der Waals surface area contributed by atoms with Crippen molar-refractivity contribution in [1.82, 2.24) is 19.8 Å². The molecule has 6 nitrogen and oxygen atoms in total. The van der Waals surface area contributed by atoms with E-state index in [4.69, 9.17) is 4.74 Å². The van der Waals surface area contributed by atoms with Crippen molar-refractivity contribution >= 4 is 6.09 Å². The number of ether oxygens (including phenoxy) is 1. The minimum atomic E-state index is -0.142. The molecule has 1 spiro atoms. The van der Waals surface area contributed by atoms with Crippen LogP contribution in [0.15, 0.2) is 6.20 Å². The van der Waals surface area contributed by atoms with E-state index in [0.717, 1.165) is 51.4 Å². The predicted octanol–water partition coefficient (Wildman–Crippen LogP) is 3.19. The number of nitrogens with one attached hydrogen (secondary N) is 1. The van der Waals surface area contributed by atoms with Gasteiger partial charge in [0, 0.05) is 43.5 Å². The van der Waals surface area contributed by atoms with Crippen LogP contribution in [-0.2, 0) is 11.3 Å². The molecule has 1 aromatic heterocycles. The Kier molecular flexibility index (Phi) is 5.09. The third-order valence-electron chi connectivity index (χ3n) is 5.22. The largest absolute Gasteiger partial charge is 0.449 e. The summed E-state index contributed by atoms with van der Waals surface area (Å²) in [6.45, 7) is 13.4. The number of H-pyrrole nitrogens is 1. The molecule has 140 valence electrons. The Bertz CT molecular complexity index is 607. The number of rotatable bonds is 3. The van der Waals surface area contributed by atoms with Gasteiger partial charge in [-0.3, -0.25) is 4.90 Å². The molecule has 0 aliphatic carbocycles. The first-order chi connectivity index (χ1) is 11.7. The Balaban J connectivity index is 1.54. The number of hydrogen-bond acceptors (Lipinski definition) is 4. The zero-order valence-corrected chi connectivity index (χ0v) is 16.1. The third-order valence-corrected chi connectivity index (χ3v) is 5.22. The van der Waals surface area contributed by atoms with E-state index in [9.17, 15) is 4.79 Å². The van der Waals surface area contributed by atoms with Gasteiger partial charge in [-0.15, -0.1) is 0 Å². The van der Waals surface area contributed by atoms with Crippen molar-refractivity contribution in [3.63, 3.8) is 0 Å². The first-order valence-corrected chi connectivity index (χ1v) is 9.39. The summed E-state index contributed by atoms with van der Waals surface area (Å²) in [6.07, 6.45) is 5.22. The fourth-order valence-electron chi connectivity index (χ4n) is 4.02. The molecule has 2 fully saturated rings. The molecule has 1 amide bonds. The smallest absolute Gasteiger partial charge is 0.409 e. The summed E-state index contributed by atoms with van der Waals surface area (Å²) in [5.74, 6) is 0.967. The molecule has 1 aromatic rings. The standard InChI is InChI=1S/C19H32N4O2/c1-15-20-10-16(21-15)11-22-9-7-19(12-22)6-5-8-23(13-19)17(24)25-14-18(2,3)4/h10H,5-9,11-14H2,1-4H3,(H,20,21)/t19-/m1/s1. The number of hydrogen-bond donors (Lipinski definition) is 1. The second-order valence-corrected chi connectivity index (χ2v) is 9.09. The van der Waals surface area contributed by atoms with Gasteiger partial charge >= 0.3 is 6.09 Å². The zero-order valence-electron chi connectivity index (χ0n) is 16.1. The molecule has 3 heterocycles. The lowest BCUT2D eigenvalue weighted by Gasteiger charge is -2.40. The van der Waals surface area contributed by atoms with Crippen LogP contribution in [0.3, 0.4) is 0 Å². The first-order valence-electron chi connectivity index (χ1n) is 9.39. The van der Waals surface area contributed by atoms with Gasteiger partial charge in [0.05, 0.1) is 6.61 Å². The fraction of sp³-hybridized carbons (Fsp3) is 0.789. The van der Waals surface area contributed by atoms with Crippen LogP contribution in [0.1, 0.15) is 51.6 Å². The highest BCUT2D eigenvalue weighted by molar-refractivity contribution is 5.67. The highest BCUT2D eigenvalue weighted by Crippen LogP contribution is 2.39. The molecule has 2 aliphatic heterocycles. The summed E-state index contributed by atoms with van der Waals surface area (Å²) in [5, 5.41) is 0. The summed E-state index contributed by atoms with van der Waals surface area (Å²) in [6, 6.07) is 0. The maximum Gasteiger partial charge on any atom is 0.409 e. The normalized spacial score (nSPS) is 24.9. The highest BCUT2D eigenvalue weighted by atomic mass is 16.6. The van der Waals surface area contributed by atoms with Crippen LogP contribution in [-0.4, -0.2) is 58.6 Å². The van der Waals surface area contributed by atoms with Crippen LogP contribution in [0.25, 0.3) is 0 Å². The number of amides is 1. The molecule has 2 saturated heterocycles. The number of aryl methyl sites for hydroxylation is 1. The summed E-state index contributed by atoms with van der Waals surface area (Å²) in [4.78, 5) is 24.5. The number of aromatic nitrogens is 2. The Morgan fingerprint density at radius 3 is 2.80 bits per heavy atom. The average Bonchev–Trinajstić information content (AvgIpc) is 3.11. The number of nitrogens with zero attached hydrogens (tertiary/aromatic N) is 3. The van der Waals surface area contributed by atoms with Gasteiger partial charge in [-0.05, 0) is 38.1 Å². The van der Waals surface area contributed by atoms with E-state index in [2.05, 4.69) is 35.6 Å². The molecule has 0 aromatic carbocycles. The zero-order chi connectivity index (χ0) is 18.1. The Hall–Kier alpha value is -1.56. The minimum Gasteiger partial charge on any atom is -0.449 e. The van der Waals surface area contributed by atoms with Gasteiger partial charge < -0.3 is 14.6 Å². The lowest BCUT2D eigenvalue weighted by molar-refractivity contribution is 0.0405. The quantitative estimate of drug-likeness (QED) is 0.911. The monoisotopic (exact) mass is 348 g/mol. The van der Waals surface area contributed by atoms with Crippen molar-refractivity contribution in [2.45, 2.75) is 53.5 Å². The number of likely N-dealkylation sites (tertiary alicyclic amines) is 2. The van der Waals surface area contributed by atoms with Gasteiger partial charge in [0.25, 0.3) is 0 Å². The van der Waals surface area contributed by atoms with Crippen LogP contribution < -0.4 is 0 Å². The maximum atomic E-state index is 12.4. The number of aromatic amines is 1. The number of piperidine rings is 1. The Morgan fingerprint density at radius 2 is 2.12 bits per heavy atom. The summed E-state index contributed by atoms with van der Waals surface area (Å²) < 4.78 is 5.53. The van der Waals surface area contributed by atoms with Gasteiger partial charge in [0.2, 0.25) is 0 Å². The summed E-state index contributed by atoms with van der Waals surface area (Å²) >= 11 is 0. The van der Waals surface area contributed by atoms with Gasteiger partial charge in [-0.1, -0.05) is 20.8 Å². The van der Waals surface area contributed by atoms with E-state index in [1.165, 1.54) is 12.1 Å². The molecule has 0 radical (unpaired) electrons. The lowest BCUT2D eigenvalue weighted by Crippen LogP contribution is -2.47. The van der Waals surface area contributed by atoms with Crippen molar-refractivity contribution in [3.8, 4) is 0 Å². The van der Waals surface area contributed by atoms with Crippen LogP contribution in [0, 0.1) is 17.8 Å². The Labute approximate surface area is 150 Å². The topological polar surface area (TPSA) is 61.5 Å². The molecule has 1 atom stereocenters. The molecule has 1 N–H and O–H groups in total. The van der Waals surface area contributed by atoms with Crippen LogP contribution in [0.2, 0.25) is 0 Å². The van der Waals surface area contributed by atoms with Crippen molar-refractivity contribution in [2.75, 3.05) is 32.8 Å². The van der Waals surface area contributed by atoms with Crippen molar-refractivity contribution < 1.29 is 9.53 Å². The predicted molar refractivity (Wildman–Crippen MR) is 97.3 cm³/mol. The van der Waals surface area contributed by atoms with Crippen LogP contribution in [0.5, 0.6) is 0 Å². The average molecular weight is 348 g/mol. The molecular formula is C19H32N4O2. The third kappa shape index (κ3) is 4.75. The molecule has 3 rings (SSSR count). The molecule has 0 bridgehead atoms. The van der Waals surface area contributed by atoms with E-state index in [1.54, 1.807) is 0 Å². The van der Waals surface area contributed by atoms with E-state index < -0.39 is 0 Å². The molecule has 0 unspecified atom stereocenters. The lowest BCUT2D eigenvalue weighted by atomic mass is 9.79. The second kappa shape index (κ2) is 6.98. The van der Waals surface area contributed by atoms with Crippen molar-refractivity contribution in [2.24, 2.45) is 10.8 Å². The van der Waals surface area contributed by atoms with Gasteiger partial charge in [-0.25, -0.2) is 9.78 Å². The van der Waals surface area contributed by atoms with Gasteiger partial charge in [-0.2, -0.15) is 0 Å². The van der Waals surface area contributed by atoms with Crippen LogP contribution in [0.4, 0.5) is 4.79 Å². The number of carbonyl (C=O) groups is 1. The van der Waals surface area contributed by atoms with Gasteiger partial charge in [0.1, 0.15) is 5.82 Å². The Morgan fingerprint density at radius 1 is 1.32 bits per heavy atom. The maximum absolute atomic E-state index is 12.4. The summed E-state index contributed by atoms with van der Waals surface area (Å²) in [7, 11) is 0. The second-order valence-electron chi connectivity index (χ2n) is 9.09. The van der Waals surface area contributed by atoms with E-state index in [0.29, 0.717) is 6.61 Å². The van der Waals surface area contributed by atoms with E-state index in [1.807, 2.05) is 18.0 Å². The van der Waals surface area contributed by atoms with Crippen LogP contribution >= 0.6 is 0 Å². The molecule has 6 heteroatoms. The summed E-state index contributed by atoms with van der Waals surface area (Å²) in [5.41, 5.74) is 1.41. The number of imidazole rings is 1. The highest BCUT2D eigenvalue weighted by Gasteiger charge is 2.42. The van der Waals surface area contributed by atoms with Gasteiger partial charge in [0.15, 0.2) is 0 Å². The first kappa shape index (κ1) is 18.2. The molecule has 25 heavy (non-hydrogen) atoms. The van der Waals surface area contributed by atoms with Crippen molar-refractivity contribution in [1.29, 1.82) is 0 Å². The molecule has 0 saturated carbocycles. The van der Waals surface area contributed by atoms with Crippen molar-refractivity contribution in [3.05, 3.63) is 17.7 Å². The molecule has 2 aliphatic rings. The number of carbonyl (C=O) groups excluding carboxylic acids is 1.